The smallest absolute Gasteiger partial charge is 0.257 e. The van der Waals surface area contributed by atoms with E-state index in [1.165, 1.54) is 12.0 Å². The molecule has 0 bridgehead atoms. The largest absolute Gasteiger partial charge is 0.473 e. The van der Waals surface area contributed by atoms with Gasteiger partial charge in [0.25, 0.3) is 5.91 Å². The summed E-state index contributed by atoms with van der Waals surface area (Å²) < 4.78 is 12.2. The minimum Gasteiger partial charge on any atom is -0.473 e. The van der Waals surface area contributed by atoms with Gasteiger partial charge in [0.2, 0.25) is 5.88 Å². The molecule has 1 spiro atoms. The lowest BCUT2D eigenvalue weighted by atomic mass is 9.89. The van der Waals surface area contributed by atoms with E-state index in [0.717, 1.165) is 44.6 Å². The number of carbonyl (C=O) groups is 1. The summed E-state index contributed by atoms with van der Waals surface area (Å²) in [6.07, 6.45) is 6.89. The van der Waals surface area contributed by atoms with Crippen LogP contribution in [0.1, 0.15) is 56.6 Å². The molecule has 1 amide bonds. The standard InChI is InChI=1S/C24H28N4O3/c29-23-24(31-22-12-9-19(28(22)23)17-5-2-1-3-6-17)13-15-27(16-14-24)20-10-11-21(26-25-20)30-18-7-4-8-18/h1-3,5-6,10-11,18-19,22H,4,7-9,12-16H2/t19-,22+/m0/s1. The van der Waals surface area contributed by atoms with Gasteiger partial charge in [-0.2, -0.15) is 0 Å². The Hall–Kier alpha value is -2.67. The van der Waals surface area contributed by atoms with Crippen molar-refractivity contribution in [2.75, 3.05) is 18.0 Å². The molecule has 1 aliphatic carbocycles. The molecule has 2 atom stereocenters. The van der Waals surface area contributed by atoms with Gasteiger partial charge in [-0.1, -0.05) is 30.3 Å². The lowest BCUT2D eigenvalue weighted by molar-refractivity contribution is -0.140. The fourth-order valence-electron chi connectivity index (χ4n) is 5.35. The molecule has 1 aromatic heterocycles. The zero-order chi connectivity index (χ0) is 20.8. The molecule has 6 rings (SSSR count). The van der Waals surface area contributed by atoms with E-state index in [1.54, 1.807) is 0 Å². The van der Waals surface area contributed by atoms with Crippen LogP contribution in [0.5, 0.6) is 5.88 Å². The minimum atomic E-state index is -0.685. The van der Waals surface area contributed by atoms with E-state index in [9.17, 15) is 4.79 Å². The van der Waals surface area contributed by atoms with Gasteiger partial charge in [0.05, 0.1) is 6.04 Å². The van der Waals surface area contributed by atoms with Gasteiger partial charge in [-0.25, -0.2) is 0 Å². The number of hydrogen-bond donors (Lipinski definition) is 0. The molecular weight excluding hydrogens is 392 g/mol. The third kappa shape index (κ3) is 3.26. The maximum atomic E-state index is 13.5. The first-order valence-electron chi connectivity index (χ1n) is 11.5. The summed E-state index contributed by atoms with van der Waals surface area (Å²) in [6, 6.07) is 14.3. The number of hydrogen-bond acceptors (Lipinski definition) is 6. The van der Waals surface area contributed by atoms with Crippen LogP contribution in [0.15, 0.2) is 42.5 Å². The van der Waals surface area contributed by atoms with Crippen molar-refractivity contribution in [2.45, 2.75) is 68.9 Å². The van der Waals surface area contributed by atoms with Crippen LogP contribution in [0.25, 0.3) is 0 Å². The van der Waals surface area contributed by atoms with Crippen LogP contribution in [0.2, 0.25) is 0 Å². The number of amides is 1. The predicted octanol–water partition coefficient (Wildman–Crippen LogP) is 3.47. The highest BCUT2D eigenvalue weighted by Crippen LogP contribution is 2.47. The summed E-state index contributed by atoms with van der Waals surface area (Å²) in [5, 5.41) is 8.62. The molecule has 1 saturated carbocycles. The minimum absolute atomic E-state index is 0.0908. The van der Waals surface area contributed by atoms with Crippen LogP contribution in [0, 0.1) is 0 Å². The van der Waals surface area contributed by atoms with Crippen molar-refractivity contribution in [1.82, 2.24) is 15.1 Å². The quantitative estimate of drug-likeness (QED) is 0.755. The average Bonchev–Trinajstić information content (AvgIpc) is 3.31. The van der Waals surface area contributed by atoms with E-state index in [2.05, 4.69) is 27.2 Å². The Morgan fingerprint density at radius 3 is 2.45 bits per heavy atom. The van der Waals surface area contributed by atoms with Crippen molar-refractivity contribution < 1.29 is 14.3 Å². The lowest BCUT2D eigenvalue weighted by Crippen LogP contribution is -2.50. The molecule has 3 saturated heterocycles. The highest BCUT2D eigenvalue weighted by atomic mass is 16.6. The summed E-state index contributed by atoms with van der Waals surface area (Å²) in [4.78, 5) is 17.7. The van der Waals surface area contributed by atoms with Gasteiger partial charge in [0.15, 0.2) is 11.4 Å². The van der Waals surface area contributed by atoms with E-state index in [0.29, 0.717) is 24.8 Å². The van der Waals surface area contributed by atoms with Gasteiger partial charge in [0.1, 0.15) is 12.3 Å². The van der Waals surface area contributed by atoms with Crippen molar-refractivity contribution in [3.8, 4) is 5.88 Å². The van der Waals surface area contributed by atoms with Gasteiger partial charge in [-0.3, -0.25) is 4.79 Å². The predicted molar refractivity (Wildman–Crippen MR) is 115 cm³/mol. The Bertz CT molecular complexity index is 939. The van der Waals surface area contributed by atoms with E-state index >= 15 is 0 Å². The van der Waals surface area contributed by atoms with Crippen molar-refractivity contribution in [2.24, 2.45) is 0 Å². The van der Waals surface area contributed by atoms with Crippen molar-refractivity contribution in [3.05, 3.63) is 48.0 Å². The van der Waals surface area contributed by atoms with Crippen LogP contribution in [-0.4, -0.2) is 52.0 Å². The van der Waals surface area contributed by atoms with E-state index in [-0.39, 0.29) is 18.2 Å². The molecule has 162 valence electrons. The Kier molecular flexibility index (Phi) is 4.60. The van der Waals surface area contributed by atoms with Gasteiger partial charge < -0.3 is 19.3 Å². The second-order valence-electron chi connectivity index (χ2n) is 9.17. The Labute approximate surface area is 182 Å². The van der Waals surface area contributed by atoms with Crippen molar-refractivity contribution in [3.63, 3.8) is 0 Å². The average molecular weight is 421 g/mol. The Morgan fingerprint density at radius 2 is 1.77 bits per heavy atom. The molecule has 0 N–H and O–H groups in total. The van der Waals surface area contributed by atoms with Crippen molar-refractivity contribution in [1.29, 1.82) is 0 Å². The Morgan fingerprint density at radius 1 is 0.968 bits per heavy atom. The second-order valence-corrected chi connectivity index (χ2v) is 9.17. The first-order valence-corrected chi connectivity index (χ1v) is 11.5. The number of aromatic nitrogens is 2. The number of rotatable bonds is 4. The molecule has 2 aromatic rings. The number of carbonyl (C=O) groups excluding carboxylic acids is 1. The molecule has 1 aromatic carbocycles. The van der Waals surface area contributed by atoms with Gasteiger partial charge >= 0.3 is 0 Å². The third-order valence-electron chi connectivity index (χ3n) is 7.36. The summed E-state index contributed by atoms with van der Waals surface area (Å²) >= 11 is 0. The number of nitrogens with zero attached hydrogens (tertiary/aromatic N) is 4. The number of piperidine rings is 1. The molecule has 4 aliphatic rings. The first-order chi connectivity index (χ1) is 15.2. The molecular formula is C24H28N4O3. The zero-order valence-corrected chi connectivity index (χ0v) is 17.7. The maximum absolute atomic E-state index is 13.5. The normalized spacial score (nSPS) is 27.4. The number of anilines is 1. The molecule has 31 heavy (non-hydrogen) atoms. The third-order valence-corrected chi connectivity index (χ3v) is 7.36. The second kappa shape index (κ2) is 7.48. The van der Waals surface area contributed by atoms with Gasteiger partial charge in [-0.15, -0.1) is 10.2 Å². The van der Waals surface area contributed by atoms with Crippen LogP contribution in [-0.2, 0) is 9.53 Å². The van der Waals surface area contributed by atoms with Crippen molar-refractivity contribution >= 4 is 11.7 Å². The molecule has 3 aliphatic heterocycles. The number of fused-ring (bicyclic) bond motifs is 1. The molecule has 4 fully saturated rings. The van der Waals surface area contributed by atoms with Gasteiger partial charge in [0, 0.05) is 32.0 Å². The monoisotopic (exact) mass is 420 g/mol. The topological polar surface area (TPSA) is 67.8 Å². The maximum Gasteiger partial charge on any atom is 0.257 e. The Balaban J connectivity index is 1.12. The van der Waals surface area contributed by atoms with E-state index in [4.69, 9.17) is 9.47 Å². The SMILES string of the molecule is O=C1N2[C@@H](CC[C@H]2c2ccccc2)OC12CCN(c1ccc(OC3CCC3)nn1)CC2. The number of benzene rings is 1. The van der Waals surface area contributed by atoms with Gasteiger partial charge in [-0.05, 0) is 43.7 Å². The summed E-state index contributed by atoms with van der Waals surface area (Å²) in [5.74, 6) is 1.60. The highest BCUT2D eigenvalue weighted by molar-refractivity contribution is 5.88. The zero-order valence-electron chi connectivity index (χ0n) is 17.7. The first kappa shape index (κ1) is 19.0. The molecule has 4 heterocycles. The fraction of sp³-hybridized carbons (Fsp3) is 0.542. The molecule has 0 radical (unpaired) electrons. The van der Waals surface area contributed by atoms with Crippen LogP contribution in [0.4, 0.5) is 5.82 Å². The summed E-state index contributed by atoms with van der Waals surface area (Å²) in [5.41, 5.74) is 0.519. The van der Waals surface area contributed by atoms with E-state index < -0.39 is 5.60 Å². The van der Waals surface area contributed by atoms with Crippen LogP contribution < -0.4 is 9.64 Å². The fourth-order valence-corrected chi connectivity index (χ4v) is 5.35. The lowest BCUT2D eigenvalue weighted by Gasteiger charge is -2.38. The van der Waals surface area contributed by atoms with Crippen LogP contribution >= 0.6 is 0 Å². The molecule has 0 unspecified atom stereocenters. The highest BCUT2D eigenvalue weighted by Gasteiger charge is 2.57. The van der Waals surface area contributed by atoms with Crippen LogP contribution in [0.3, 0.4) is 0 Å². The summed E-state index contributed by atoms with van der Waals surface area (Å²) in [7, 11) is 0. The van der Waals surface area contributed by atoms with E-state index in [1.807, 2.05) is 35.2 Å². The molecule has 7 heteroatoms. The number of ether oxygens (including phenoxy) is 2. The summed E-state index contributed by atoms with van der Waals surface area (Å²) in [6.45, 7) is 1.47. The molecule has 7 nitrogen and oxygen atoms in total.